The van der Waals surface area contributed by atoms with Crippen LogP contribution in [0.3, 0.4) is 0 Å². The summed E-state index contributed by atoms with van der Waals surface area (Å²) in [6, 6.07) is 18.8. The lowest BCUT2D eigenvalue weighted by atomic mass is 9.80. The van der Waals surface area contributed by atoms with E-state index in [1.165, 1.54) is 45.9 Å². The van der Waals surface area contributed by atoms with Crippen molar-refractivity contribution in [1.29, 1.82) is 0 Å². The van der Waals surface area contributed by atoms with E-state index in [0.717, 1.165) is 11.1 Å². The van der Waals surface area contributed by atoms with Crippen LogP contribution in [0.25, 0.3) is 0 Å². The fourth-order valence-corrected chi connectivity index (χ4v) is 13.7. The maximum absolute atomic E-state index is 14.1. The van der Waals surface area contributed by atoms with E-state index in [4.69, 9.17) is 5.73 Å². The van der Waals surface area contributed by atoms with Gasteiger partial charge < -0.3 is 26.0 Å². The van der Waals surface area contributed by atoms with Gasteiger partial charge in [0.1, 0.15) is 6.54 Å². The lowest BCUT2D eigenvalue weighted by Crippen LogP contribution is -2.34. The number of fused-ring (bicyclic) bond motifs is 4. The number of hydrogen-bond acceptors (Lipinski definition) is 13. The maximum Gasteiger partial charge on any atom is 0.326 e. The number of hydrogen-bond donors (Lipinski definition) is 7. The summed E-state index contributed by atoms with van der Waals surface area (Å²) in [7, 11) is -18.2. The average Bonchev–Trinajstić information content (AvgIpc) is 1.91. The molecule has 440 valence electrons. The zero-order valence-corrected chi connectivity index (χ0v) is 50.0. The Labute approximate surface area is 483 Å². The van der Waals surface area contributed by atoms with Crippen molar-refractivity contribution in [3.05, 3.63) is 178 Å². The fourth-order valence-electron chi connectivity index (χ4n) is 11.5. The third-order valence-electron chi connectivity index (χ3n) is 15.6. The highest BCUT2D eigenvalue weighted by Gasteiger charge is 2.48. The highest BCUT2D eigenvalue weighted by Crippen LogP contribution is 2.50. The van der Waals surface area contributed by atoms with Crippen LogP contribution < -0.4 is 20.9 Å². The van der Waals surface area contributed by atoms with Gasteiger partial charge in [-0.3, -0.25) is 27.8 Å². The molecule has 0 bridgehead atoms. The zero-order chi connectivity index (χ0) is 61.2. The molecule has 4 aliphatic rings. The number of allylic oxidation sites excluding steroid dienone is 12. The van der Waals surface area contributed by atoms with Gasteiger partial charge in [0.2, 0.25) is 17.9 Å². The number of carboxylic acid groups (broad SMARTS) is 1. The van der Waals surface area contributed by atoms with Crippen molar-refractivity contribution in [2.45, 2.75) is 99.9 Å². The van der Waals surface area contributed by atoms with Crippen molar-refractivity contribution in [3.8, 4) is 0 Å². The van der Waals surface area contributed by atoms with Gasteiger partial charge in [0.05, 0.1) is 20.6 Å². The van der Waals surface area contributed by atoms with Crippen molar-refractivity contribution < 1.29 is 75.7 Å². The van der Waals surface area contributed by atoms with Gasteiger partial charge in [-0.25, -0.2) is 0 Å². The lowest BCUT2D eigenvalue weighted by Gasteiger charge is -2.25. The quantitative estimate of drug-likeness (QED) is 0.0280. The molecular formula is C58H66N6O15S4+2. The van der Waals surface area contributed by atoms with E-state index in [-0.39, 0.29) is 29.4 Å². The number of rotatable bonds is 19. The Morgan fingerprint density at radius 1 is 0.554 bits per heavy atom. The molecule has 4 aromatic carbocycles. The van der Waals surface area contributed by atoms with Crippen LogP contribution in [0.2, 0.25) is 0 Å². The molecule has 0 aromatic heterocycles. The number of nitrogens with zero attached hydrogens (tertiary/aromatic N) is 4. The number of anilines is 2. The first-order chi connectivity index (χ1) is 38.4. The molecule has 0 spiro atoms. The Morgan fingerprint density at radius 3 is 1.63 bits per heavy atom. The van der Waals surface area contributed by atoms with E-state index in [9.17, 15) is 66.6 Å². The molecule has 0 atom stereocenters. The predicted molar refractivity (Wildman–Crippen MR) is 315 cm³/mol. The third-order valence-corrected chi connectivity index (χ3v) is 18.5. The molecule has 1 amide bonds. The largest absolute Gasteiger partial charge is 0.480 e. The molecular weight excluding hydrogens is 1150 g/mol. The molecule has 4 aliphatic heterocycles. The number of benzene rings is 4. The van der Waals surface area contributed by atoms with Gasteiger partial charge in [-0.15, -0.1) is 0 Å². The highest BCUT2D eigenvalue weighted by atomic mass is 32.2. The van der Waals surface area contributed by atoms with Crippen molar-refractivity contribution in [2.24, 2.45) is 5.73 Å². The Kier molecular flexibility index (Phi) is 16.5. The topological polar surface area (TPSA) is 322 Å². The summed E-state index contributed by atoms with van der Waals surface area (Å²) >= 11 is 0. The molecule has 21 nitrogen and oxygen atoms in total. The second-order valence-corrected chi connectivity index (χ2v) is 28.4. The molecule has 0 saturated heterocycles. The first-order valence-electron chi connectivity index (χ1n) is 25.9. The molecule has 4 aromatic rings. The van der Waals surface area contributed by atoms with Crippen LogP contribution in [0.4, 0.5) is 22.7 Å². The zero-order valence-electron chi connectivity index (χ0n) is 46.8. The Bertz CT molecular complexity index is 4150. The van der Waals surface area contributed by atoms with Crippen LogP contribution in [0.5, 0.6) is 0 Å². The number of carbonyl (C=O) groups excluding carboxylic acids is 1. The molecule has 0 aliphatic carbocycles. The van der Waals surface area contributed by atoms with Gasteiger partial charge >= 0.3 is 16.1 Å². The number of aliphatic carboxylic acids is 1. The first-order valence-corrected chi connectivity index (χ1v) is 32.0. The van der Waals surface area contributed by atoms with Crippen molar-refractivity contribution in [2.75, 3.05) is 34.6 Å². The molecule has 0 unspecified atom stereocenters. The lowest BCUT2D eigenvalue weighted by molar-refractivity contribution is -0.425. The molecule has 0 radical (unpaired) electrons. The molecule has 83 heavy (non-hydrogen) atoms. The molecule has 8 rings (SSSR count). The van der Waals surface area contributed by atoms with E-state index < -0.39 is 92.3 Å². The third kappa shape index (κ3) is 12.5. The van der Waals surface area contributed by atoms with Crippen LogP contribution in [0.1, 0.15) is 88.8 Å². The normalized spacial score (nSPS) is 19.1. The highest BCUT2D eigenvalue weighted by molar-refractivity contribution is 7.86. The van der Waals surface area contributed by atoms with Gasteiger partial charge in [0, 0.05) is 82.1 Å². The fraction of sp³-hybridized carbons (Fsp3) is 0.310. The van der Waals surface area contributed by atoms with Crippen LogP contribution in [0, 0.1) is 0 Å². The van der Waals surface area contributed by atoms with E-state index in [1.54, 1.807) is 94.5 Å². The Balaban J connectivity index is 1.05. The second-order valence-electron chi connectivity index (χ2n) is 22.7. The summed E-state index contributed by atoms with van der Waals surface area (Å²) in [4.78, 5) is 28.4. The van der Waals surface area contributed by atoms with Gasteiger partial charge in [0.15, 0.2) is 17.3 Å². The number of nitrogens with two attached hydrogens (primary N) is 1. The molecule has 25 heteroatoms. The van der Waals surface area contributed by atoms with Gasteiger partial charge in [-0.2, -0.15) is 42.8 Å². The molecule has 8 N–H and O–H groups in total. The monoisotopic (exact) mass is 1210 g/mol. The number of amides is 1. The summed E-state index contributed by atoms with van der Waals surface area (Å²) in [5, 5.41) is 12.7. The minimum absolute atomic E-state index is 0.0218. The minimum Gasteiger partial charge on any atom is -0.480 e. The second kappa shape index (κ2) is 22.1. The first kappa shape index (κ1) is 61.9. The van der Waals surface area contributed by atoms with Crippen molar-refractivity contribution in [1.82, 2.24) is 5.32 Å². The van der Waals surface area contributed by atoms with Crippen molar-refractivity contribution in [3.63, 3.8) is 0 Å². The average molecular weight is 1220 g/mol. The molecule has 0 saturated carbocycles. The number of carbonyl (C=O) groups is 2. The van der Waals surface area contributed by atoms with Crippen LogP contribution in [0.15, 0.2) is 155 Å². The van der Waals surface area contributed by atoms with Crippen LogP contribution in [-0.2, 0) is 84.8 Å². The smallest absolute Gasteiger partial charge is 0.326 e. The minimum atomic E-state index is -4.61. The summed E-state index contributed by atoms with van der Waals surface area (Å²) in [6.07, 6.45) is 17.0. The summed E-state index contributed by atoms with van der Waals surface area (Å²) < 4.78 is 141. The van der Waals surface area contributed by atoms with Gasteiger partial charge in [-0.1, -0.05) is 82.4 Å². The van der Waals surface area contributed by atoms with Gasteiger partial charge in [-0.05, 0) is 105 Å². The van der Waals surface area contributed by atoms with Crippen LogP contribution in [-0.4, -0.2) is 114 Å². The SMILES string of the molecule is CC1(C)C(=CC=CC2=[N+](CS(=O)(=O)O)c3ccc(CN)cc3C2(C)C)N(CS(=O)(=O)O)c2ccc(CNC(=O)C[N+]3=C(/C=C/C=C/C=C/C=C4/N(CC(=O)O)c5ccc(S(=O)(=O)O)cc5C4(C)C)C(C)(C)c4cc(S(=O)(=O)O)ccc43)cc21. The number of carboxylic acids is 1. The summed E-state index contributed by atoms with van der Waals surface area (Å²) in [6.45, 7) is 14.5. The van der Waals surface area contributed by atoms with E-state index in [0.29, 0.717) is 67.8 Å². The van der Waals surface area contributed by atoms with Gasteiger partial charge in [0.25, 0.3) is 42.1 Å². The summed E-state index contributed by atoms with van der Waals surface area (Å²) in [5.74, 6) is -3.07. The van der Waals surface area contributed by atoms with E-state index >= 15 is 0 Å². The van der Waals surface area contributed by atoms with E-state index in [2.05, 4.69) is 5.32 Å². The Hall–Kier alpha value is -7.20. The van der Waals surface area contributed by atoms with Crippen molar-refractivity contribution >= 4 is 86.5 Å². The standard InChI is InChI=1S/C58H64N6O15S4/c1-55(2)41-27-37(31-59)19-23-47(41)63(35-80(68,69)70)51(55)17-14-18-52-56(3,4)42-28-38(20-24-48(42)64(52)36-81(71,72)73)32-60-53(65)33-61-45-25-21-39(82(74,75)76)29-43(45)57(5,6)49(61)15-12-10-9-11-13-16-50-58(7,8)44-30-40(83(77,78)79)22-26-46(44)62(50)34-54(66)67/h9-30H,31-36,59H2,1-8H3,(H4-2,60,65,66,67,68,69,70,71,72,73,74,75,76,77,78,79)/p+2. The maximum atomic E-state index is 14.1. The number of nitrogens with one attached hydrogen (secondary N) is 1. The predicted octanol–water partition coefficient (Wildman–Crippen LogP) is 7.07. The summed E-state index contributed by atoms with van der Waals surface area (Å²) in [5.41, 5.74) is 10.7. The molecule has 0 fully saturated rings. The Morgan fingerprint density at radius 2 is 1.02 bits per heavy atom. The molecule has 4 heterocycles. The van der Waals surface area contributed by atoms with E-state index in [1.807, 2.05) is 67.5 Å². The van der Waals surface area contributed by atoms with Crippen LogP contribution >= 0.6 is 0 Å².